The molecule has 0 bridgehead atoms. The van der Waals surface area contributed by atoms with Crippen molar-refractivity contribution in [3.05, 3.63) is 90.3 Å². The molecule has 0 aliphatic heterocycles. The lowest BCUT2D eigenvalue weighted by atomic mass is 10.0. The monoisotopic (exact) mass is 469 g/mol. The van der Waals surface area contributed by atoms with Gasteiger partial charge in [-0.2, -0.15) is 4.98 Å². The third-order valence-corrected chi connectivity index (χ3v) is 5.33. The fourth-order valence-corrected chi connectivity index (χ4v) is 3.39. The molecule has 8 nitrogen and oxygen atoms in total. The maximum atomic E-state index is 12.3. The number of nitrogens with zero attached hydrogens (tertiary/aromatic N) is 2. The Morgan fingerprint density at radius 3 is 2.03 bits per heavy atom. The van der Waals surface area contributed by atoms with Crippen LogP contribution >= 0.6 is 0 Å². The Morgan fingerprint density at radius 2 is 1.40 bits per heavy atom. The zero-order valence-corrected chi connectivity index (χ0v) is 19.6. The van der Waals surface area contributed by atoms with E-state index in [-0.39, 0.29) is 18.4 Å². The third kappa shape index (κ3) is 6.77. The summed E-state index contributed by atoms with van der Waals surface area (Å²) in [7, 11) is 0. The van der Waals surface area contributed by atoms with Crippen molar-refractivity contribution in [2.45, 2.75) is 32.6 Å². The Morgan fingerprint density at radius 1 is 0.800 bits per heavy atom. The average molecular weight is 470 g/mol. The molecule has 3 aromatic carbocycles. The number of benzene rings is 3. The highest BCUT2D eigenvalue weighted by Crippen LogP contribution is 2.21. The van der Waals surface area contributed by atoms with Gasteiger partial charge in [0.2, 0.25) is 17.6 Å². The molecule has 178 valence electrons. The molecule has 0 saturated carbocycles. The third-order valence-electron chi connectivity index (χ3n) is 5.33. The summed E-state index contributed by atoms with van der Waals surface area (Å²) in [6.45, 7) is 4.28. The van der Waals surface area contributed by atoms with Gasteiger partial charge in [-0.15, -0.1) is 0 Å². The van der Waals surface area contributed by atoms with Crippen LogP contribution in [0.2, 0.25) is 0 Å². The molecule has 0 aliphatic rings. The Kier molecular flexibility index (Phi) is 7.52. The van der Waals surface area contributed by atoms with E-state index in [1.165, 1.54) is 5.56 Å². The molecular weight excluding hydrogens is 442 g/mol. The van der Waals surface area contributed by atoms with Gasteiger partial charge in [-0.1, -0.05) is 61.5 Å². The Hall–Kier alpha value is -4.46. The number of anilines is 3. The predicted octanol–water partition coefficient (Wildman–Crippen LogP) is 6.08. The summed E-state index contributed by atoms with van der Waals surface area (Å²) >= 11 is 0. The van der Waals surface area contributed by atoms with Crippen LogP contribution in [0.4, 0.5) is 21.9 Å². The van der Waals surface area contributed by atoms with Crippen molar-refractivity contribution >= 4 is 29.0 Å². The van der Waals surface area contributed by atoms with Crippen molar-refractivity contribution in [2.75, 3.05) is 16.0 Å². The van der Waals surface area contributed by atoms with Crippen LogP contribution in [-0.2, 0) is 11.2 Å². The van der Waals surface area contributed by atoms with E-state index >= 15 is 0 Å². The zero-order valence-electron chi connectivity index (χ0n) is 19.6. The van der Waals surface area contributed by atoms with Gasteiger partial charge in [-0.25, -0.2) is 4.79 Å². The molecule has 8 heteroatoms. The molecule has 4 rings (SSSR count). The zero-order chi connectivity index (χ0) is 24.6. The van der Waals surface area contributed by atoms with Crippen molar-refractivity contribution in [2.24, 2.45) is 0 Å². The molecule has 1 aromatic heterocycles. The molecule has 0 fully saturated rings. The summed E-state index contributed by atoms with van der Waals surface area (Å²) < 4.78 is 5.31. The first-order valence-electron chi connectivity index (χ1n) is 11.4. The first kappa shape index (κ1) is 23.7. The van der Waals surface area contributed by atoms with Crippen molar-refractivity contribution in [3.8, 4) is 11.4 Å². The minimum atomic E-state index is -0.345. The second kappa shape index (κ2) is 11.1. The van der Waals surface area contributed by atoms with E-state index in [9.17, 15) is 9.59 Å². The van der Waals surface area contributed by atoms with Gasteiger partial charge in [0.1, 0.15) is 0 Å². The van der Waals surface area contributed by atoms with Crippen molar-refractivity contribution in [3.63, 3.8) is 0 Å². The number of para-hydroxylation sites is 1. The van der Waals surface area contributed by atoms with Gasteiger partial charge in [-0.3, -0.25) is 4.79 Å². The minimum absolute atomic E-state index is 0.173. The van der Waals surface area contributed by atoms with Crippen LogP contribution in [-0.4, -0.2) is 22.1 Å². The van der Waals surface area contributed by atoms with E-state index in [1.807, 2.05) is 30.3 Å². The maximum Gasteiger partial charge on any atom is 0.323 e. The summed E-state index contributed by atoms with van der Waals surface area (Å²) in [5.74, 6) is 1.20. The molecule has 35 heavy (non-hydrogen) atoms. The lowest BCUT2D eigenvalue weighted by molar-refractivity contribution is -0.116. The van der Waals surface area contributed by atoms with Gasteiger partial charge in [0.05, 0.1) is 0 Å². The van der Waals surface area contributed by atoms with Crippen LogP contribution in [0, 0.1) is 0 Å². The van der Waals surface area contributed by atoms with Gasteiger partial charge in [-0.05, 0) is 47.9 Å². The van der Waals surface area contributed by atoms with Crippen molar-refractivity contribution < 1.29 is 14.1 Å². The molecule has 0 saturated heterocycles. The summed E-state index contributed by atoms with van der Waals surface area (Å²) in [5, 5.41) is 12.4. The molecule has 0 atom stereocenters. The number of amides is 3. The minimum Gasteiger partial charge on any atom is -0.339 e. The van der Waals surface area contributed by atoms with Gasteiger partial charge in [0.25, 0.3) is 0 Å². The van der Waals surface area contributed by atoms with Crippen LogP contribution in [0.1, 0.15) is 37.6 Å². The van der Waals surface area contributed by atoms with Crippen LogP contribution in [0.15, 0.2) is 83.4 Å². The Balaban J connectivity index is 1.24. The topological polar surface area (TPSA) is 109 Å². The number of hydrogen-bond acceptors (Lipinski definition) is 5. The molecule has 0 aliphatic carbocycles. The SMILES string of the molecule is CC(C)c1ccc(-c2noc(CCC(=O)Nc3ccc(NC(=O)Nc4ccccc4)cc3)n2)cc1. The van der Waals surface area contributed by atoms with Crippen LogP contribution in [0.3, 0.4) is 0 Å². The number of aromatic nitrogens is 2. The number of urea groups is 1. The molecule has 0 unspecified atom stereocenters. The van der Waals surface area contributed by atoms with Gasteiger partial charge < -0.3 is 20.5 Å². The number of aryl methyl sites for hydroxylation is 1. The molecular formula is C27H27N5O3. The van der Waals surface area contributed by atoms with E-state index in [1.54, 1.807) is 36.4 Å². The number of carbonyl (C=O) groups excluding carboxylic acids is 2. The fraction of sp³-hybridized carbons (Fsp3) is 0.185. The van der Waals surface area contributed by atoms with Gasteiger partial charge >= 0.3 is 6.03 Å². The van der Waals surface area contributed by atoms with E-state index in [0.717, 1.165) is 5.56 Å². The lowest BCUT2D eigenvalue weighted by Crippen LogP contribution is -2.19. The molecule has 4 aromatic rings. The number of nitrogens with one attached hydrogen (secondary N) is 3. The molecule has 0 radical (unpaired) electrons. The number of rotatable bonds is 8. The highest BCUT2D eigenvalue weighted by Gasteiger charge is 2.12. The van der Waals surface area contributed by atoms with Crippen molar-refractivity contribution in [1.29, 1.82) is 0 Å². The summed E-state index contributed by atoms with van der Waals surface area (Å²) in [5.41, 5.74) is 4.05. The standard InChI is InChI=1S/C27H27N5O3/c1-18(2)19-8-10-20(11-9-19)26-31-25(35-32-26)17-16-24(33)28-22-12-14-23(15-13-22)30-27(34)29-21-6-4-3-5-7-21/h3-15,18H,16-17H2,1-2H3,(H,28,33)(H2,29,30,34). The molecule has 0 spiro atoms. The van der Waals surface area contributed by atoms with Gasteiger partial charge in [0, 0.05) is 35.5 Å². The van der Waals surface area contributed by atoms with E-state index in [4.69, 9.17) is 4.52 Å². The largest absolute Gasteiger partial charge is 0.339 e. The maximum absolute atomic E-state index is 12.3. The predicted molar refractivity (Wildman–Crippen MR) is 136 cm³/mol. The highest BCUT2D eigenvalue weighted by molar-refractivity contribution is 6.00. The van der Waals surface area contributed by atoms with Crippen LogP contribution < -0.4 is 16.0 Å². The Labute approximate surface area is 203 Å². The first-order valence-corrected chi connectivity index (χ1v) is 11.4. The van der Waals surface area contributed by atoms with E-state index in [2.05, 4.69) is 52.1 Å². The van der Waals surface area contributed by atoms with Crippen LogP contribution in [0.25, 0.3) is 11.4 Å². The van der Waals surface area contributed by atoms with Gasteiger partial charge in [0.15, 0.2) is 0 Å². The Bertz CT molecular complexity index is 1270. The lowest BCUT2D eigenvalue weighted by Gasteiger charge is -2.09. The summed E-state index contributed by atoms with van der Waals surface area (Å²) in [4.78, 5) is 28.8. The molecule has 3 N–H and O–H groups in total. The smallest absolute Gasteiger partial charge is 0.323 e. The first-order chi connectivity index (χ1) is 17.0. The molecule has 1 heterocycles. The summed E-state index contributed by atoms with van der Waals surface area (Å²) in [6, 6.07) is 23.8. The second-order valence-corrected chi connectivity index (χ2v) is 8.36. The van der Waals surface area contributed by atoms with E-state index in [0.29, 0.717) is 41.1 Å². The van der Waals surface area contributed by atoms with Crippen molar-refractivity contribution in [1.82, 2.24) is 10.1 Å². The quantitative estimate of drug-likeness (QED) is 0.290. The van der Waals surface area contributed by atoms with E-state index < -0.39 is 0 Å². The highest BCUT2D eigenvalue weighted by atomic mass is 16.5. The molecule has 3 amide bonds. The number of hydrogen-bond donors (Lipinski definition) is 3. The average Bonchev–Trinajstić information content (AvgIpc) is 3.34. The summed E-state index contributed by atoms with van der Waals surface area (Å²) in [6.07, 6.45) is 0.537. The normalized spacial score (nSPS) is 10.7. The fourth-order valence-electron chi connectivity index (χ4n) is 3.39. The van der Waals surface area contributed by atoms with Crippen LogP contribution in [0.5, 0.6) is 0 Å². The second-order valence-electron chi connectivity index (χ2n) is 8.36. The number of carbonyl (C=O) groups is 2.